The lowest BCUT2D eigenvalue weighted by molar-refractivity contribution is 0.0207. The van der Waals surface area contributed by atoms with Crippen LogP contribution in [0.25, 0.3) is 0 Å². The molecule has 0 spiro atoms. The van der Waals surface area contributed by atoms with Crippen LogP contribution in [-0.2, 0) is 0 Å². The van der Waals surface area contributed by atoms with Crippen molar-refractivity contribution in [2.75, 3.05) is 6.54 Å². The number of fused-ring (bicyclic) bond motifs is 1. The third-order valence-electron chi connectivity index (χ3n) is 4.48. The van der Waals surface area contributed by atoms with E-state index in [1.165, 1.54) is 25.7 Å². The van der Waals surface area contributed by atoms with Crippen molar-refractivity contribution >= 4 is 17.6 Å². The predicted octanol–water partition coefficient (Wildman–Crippen LogP) is 2.58. The Labute approximate surface area is 112 Å². The summed E-state index contributed by atoms with van der Waals surface area (Å²) in [6, 6.07) is 0.432. The topological polar surface area (TPSA) is 46.1 Å². The van der Waals surface area contributed by atoms with E-state index in [9.17, 15) is 4.79 Å². The first-order valence-corrected chi connectivity index (χ1v) is 7.59. The van der Waals surface area contributed by atoms with Gasteiger partial charge in [0, 0.05) is 12.6 Å². The molecule has 1 aliphatic carbocycles. The molecule has 2 aliphatic rings. The zero-order valence-corrected chi connectivity index (χ0v) is 11.5. The molecule has 0 aromatic carbocycles. The maximum absolute atomic E-state index is 12.5. The number of carbonyl (C=O) groups is 1. The molecule has 1 saturated heterocycles. The highest BCUT2D eigenvalue weighted by molar-refractivity contribution is 6.99. The van der Waals surface area contributed by atoms with E-state index in [1.54, 1.807) is 6.20 Å². The first-order valence-electron chi connectivity index (χ1n) is 6.86. The van der Waals surface area contributed by atoms with Crippen molar-refractivity contribution in [3.8, 4) is 0 Å². The highest BCUT2D eigenvalue weighted by atomic mass is 32.1. The standard InChI is InChI=1S/C13H19N3OS/c1-9-4-2-5-10-6-3-7-16(12(9)10)13(17)11-8-14-18-15-11/h8-10,12H,2-7H2,1H3. The fourth-order valence-corrected chi connectivity index (χ4v) is 4.11. The summed E-state index contributed by atoms with van der Waals surface area (Å²) in [5.74, 6) is 1.42. The third kappa shape index (κ3) is 2.05. The Hall–Kier alpha value is -0.970. The van der Waals surface area contributed by atoms with E-state index in [1.807, 2.05) is 0 Å². The van der Waals surface area contributed by atoms with Crippen molar-refractivity contribution in [2.45, 2.75) is 45.1 Å². The Morgan fingerprint density at radius 2 is 2.22 bits per heavy atom. The maximum atomic E-state index is 12.5. The number of hydrogen-bond acceptors (Lipinski definition) is 4. The van der Waals surface area contributed by atoms with Gasteiger partial charge in [0.1, 0.15) is 0 Å². The Morgan fingerprint density at radius 3 is 3.00 bits per heavy atom. The molecule has 2 fully saturated rings. The lowest BCUT2D eigenvalue weighted by Gasteiger charge is -2.47. The van der Waals surface area contributed by atoms with Crippen LogP contribution in [-0.4, -0.2) is 32.1 Å². The van der Waals surface area contributed by atoms with Gasteiger partial charge in [0.2, 0.25) is 0 Å². The van der Waals surface area contributed by atoms with Gasteiger partial charge in [-0.05, 0) is 37.5 Å². The molecule has 4 nitrogen and oxygen atoms in total. The third-order valence-corrected chi connectivity index (χ3v) is 4.95. The number of piperidine rings is 1. The number of nitrogens with zero attached hydrogens (tertiary/aromatic N) is 3. The Morgan fingerprint density at radius 1 is 1.39 bits per heavy atom. The second-order valence-corrected chi connectivity index (χ2v) is 6.15. The summed E-state index contributed by atoms with van der Waals surface area (Å²) in [5.41, 5.74) is 0.526. The predicted molar refractivity (Wildman–Crippen MR) is 70.5 cm³/mol. The summed E-state index contributed by atoms with van der Waals surface area (Å²) in [5, 5.41) is 0. The summed E-state index contributed by atoms with van der Waals surface area (Å²) in [6.45, 7) is 3.18. The molecule has 1 aromatic rings. The monoisotopic (exact) mass is 265 g/mol. The lowest BCUT2D eigenvalue weighted by Crippen LogP contribution is -2.53. The number of carbonyl (C=O) groups excluding carboxylic acids is 1. The van der Waals surface area contributed by atoms with Gasteiger partial charge in [0.15, 0.2) is 5.69 Å². The Balaban J connectivity index is 1.83. The minimum atomic E-state index is 0.0900. The van der Waals surface area contributed by atoms with E-state index >= 15 is 0 Å². The van der Waals surface area contributed by atoms with E-state index in [2.05, 4.69) is 20.6 Å². The summed E-state index contributed by atoms with van der Waals surface area (Å²) in [7, 11) is 0. The fourth-order valence-electron chi connectivity index (χ4n) is 3.70. The molecular weight excluding hydrogens is 246 g/mol. The van der Waals surface area contributed by atoms with E-state index in [-0.39, 0.29) is 5.91 Å². The molecule has 2 heterocycles. The first kappa shape index (κ1) is 12.1. The summed E-state index contributed by atoms with van der Waals surface area (Å²) >= 11 is 1.11. The molecule has 98 valence electrons. The average molecular weight is 265 g/mol. The minimum Gasteiger partial charge on any atom is -0.334 e. The normalized spacial score (nSPS) is 32.1. The van der Waals surface area contributed by atoms with Gasteiger partial charge in [-0.2, -0.15) is 8.75 Å². The molecule has 3 rings (SSSR count). The molecule has 1 aliphatic heterocycles. The molecule has 1 saturated carbocycles. The van der Waals surface area contributed by atoms with Gasteiger partial charge in [-0.15, -0.1) is 0 Å². The van der Waals surface area contributed by atoms with Crippen molar-refractivity contribution in [3.63, 3.8) is 0 Å². The van der Waals surface area contributed by atoms with Crippen molar-refractivity contribution in [3.05, 3.63) is 11.9 Å². The SMILES string of the molecule is CC1CCCC2CCCN(C(=O)c3cnsn3)C12. The van der Waals surface area contributed by atoms with Crippen LogP contribution in [0.1, 0.15) is 49.5 Å². The van der Waals surface area contributed by atoms with Crippen LogP contribution in [0.15, 0.2) is 6.20 Å². The quantitative estimate of drug-likeness (QED) is 0.784. The zero-order valence-electron chi connectivity index (χ0n) is 10.7. The van der Waals surface area contributed by atoms with E-state index in [0.29, 0.717) is 23.6 Å². The molecule has 1 amide bonds. The summed E-state index contributed by atoms with van der Waals surface area (Å²) < 4.78 is 8.04. The first-order chi connectivity index (χ1) is 8.77. The van der Waals surface area contributed by atoms with Gasteiger partial charge < -0.3 is 4.90 Å². The number of rotatable bonds is 1. The average Bonchev–Trinajstić information content (AvgIpc) is 2.91. The molecule has 0 bridgehead atoms. The van der Waals surface area contributed by atoms with Crippen LogP contribution in [0.5, 0.6) is 0 Å². The lowest BCUT2D eigenvalue weighted by atomic mass is 9.73. The number of hydrogen-bond donors (Lipinski definition) is 0. The van der Waals surface area contributed by atoms with Gasteiger partial charge >= 0.3 is 0 Å². The van der Waals surface area contributed by atoms with Crippen molar-refractivity contribution in [1.29, 1.82) is 0 Å². The Bertz CT molecular complexity index is 418. The van der Waals surface area contributed by atoms with Gasteiger partial charge in [0.25, 0.3) is 5.91 Å². The van der Waals surface area contributed by atoms with Crippen molar-refractivity contribution < 1.29 is 4.79 Å². The highest BCUT2D eigenvalue weighted by Crippen LogP contribution is 2.39. The fraction of sp³-hybridized carbons (Fsp3) is 0.769. The molecule has 3 atom stereocenters. The van der Waals surface area contributed by atoms with Crippen LogP contribution < -0.4 is 0 Å². The van der Waals surface area contributed by atoms with Crippen LogP contribution in [0.4, 0.5) is 0 Å². The minimum absolute atomic E-state index is 0.0900. The summed E-state index contributed by atoms with van der Waals surface area (Å²) in [6.07, 6.45) is 7.88. The highest BCUT2D eigenvalue weighted by Gasteiger charge is 2.40. The molecule has 5 heteroatoms. The number of likely N-dealkylation sites (tertiary alicyclic amines) is 1. The van der Waals surface area contributed by atoms with E-state index in [0.717, 1.165) is 24.7 Å². The van der Waals surface area contributed by atoms with Crippen molar-refractivity contribution in [2.24, 2.45) is 11.8 Å². The molecule has 0 N–H and O–H groups in total. The second-order valence-electron chi connectivity index (χ2n) is 5.59. The van der Waals surface area contributed by atoms with Gasteiger partial charge in [-0.1, -0.05) is 13.3 Å². The summed E-state index contributed by atoms with van der Waals surface area (Å²) in [4.78, 5) is 14.6. The molecule has 1 aromatic heterocycles. The molecular formula is C13H19N3OS. The Kier molecular flexibility index (Phi) is 3.33. The van der Waals surface area contributed by atoms with E-state index < -0.39 is 0 Å². The maximum Gasteiger partial charge on any atom is 0.275 e. The van der Waals surface area contributed by atoms with Crippen LogP contribution >= 0.6 is 11.7 Å². The zero-order chi connectivity index (χ0) is 12.5. The van der Waals surface area contributed by atoms with Gasteiger partial charge in [-0.25, -0.2) is 0 Å². The number of amides is 1. The number of aromatic nitrogens is 2. The van der Waals surface area contributed by atoms with E-state index in [4.69, 9.17) is 0 Å². The molecule has 0 radical (unpaired) electrons. The second kappa shape index (κ2) is 4.96. The van der Waals surface area contributed by atoms with Crippen LogP contribution in [0.2, 0.25) is 0 Å². The van der Waals surface area contributed by atoms with Gasteiger partial charge in [0.05, 0.1) is 17.9 Å². The van der Waals surface area contributed by atoms with Crippen LogP contribution in [0.3, 0.4) is 0 Å². The molecule has 3 unspecified atom stereocenters. The smallest absolute Gasteiger partial charge is 0.275 e. The molecule has 18 heavy (non-hydrogen) atoms. The van der Waals surface area contributed by atoms with Crippen LogP contribution in [0, 0.1) is 11.8 Å². The van der Waals surface area contributed by atoms with Crippen molar-refractivity contribution in [1.82, 2.24) is 13.6 Å². The largest absolute Gasteiger partial charge is 0.334 e. The van der Waals surface area contributed by atoms with Gasteiger partial charge in [-0.3, -0.25) is 4.79 Å².